The summed E-state index contributed by atoms with van der Waals surface area (Å²) in [6.45, 7) is 0. The van der Waals surface area contributed by atoms with E-state index in [1.165, 1.54) is 31.2 Å². The molecule has 2 fully saturated rings. The SMILES string of the molecule is CNS(=O)(=O)CC1CCC(N(C)c2ncnc3c2ccn3C(=O)N(C)c2cc([N+](=O)[O-])ccc2O[C@@H]2O[C@H](C(=O)O)[C@@H](O)[C@H](O)[C@H]2O)CC1. The average Bonchev–Trinajstić information content (AvgIpc) is 3.52. The van der Waals surface area contributed by atoms with E-state index in [2.05, 4.69) is 14.7 Å². The lowest BCUT2D eigenvalue weighted by Gasteiger charge is -2.38. The van der Waals surface area contributed by atoms with E-state index >= 15 is 0 Å². The molecule has 1 aliphatic carbocycles. The van der Waals surface area contributed by atoms with Gasteiger partial charge < -0.3 is 34.8 Å². The Morgan fingerprint density at radius 1 is 1.10 bits per heavy atom. The predicted molar refractivity (Wildman–Crippen MR) is 172 cm³/mol. The van der Waals surface area contributed by atoms with Crippen molar-refractivity contribution in [2.45, 2.75) is 62.4 Å². The number of fused-ring (bicyclic) bond motifs is 1. The number of carboxylic acids is 1. The van der Waals surface area contributed by atoms with Crippen LogP contribution < -0.4 is 19.3 Å². The van der Waals surface area contributed by atoms with Gasteiger partial charge in [-0.25, -0.2) is 32.7 Å². The van der Waals surface area contributed by atoms with Crippen molar-refractivity contribution in [1.82, 2.24) is 19.3 Å². The number of carbonyl (C=O) groups excluding carboxylic acids is 1. The van der Waals surface area contributed by atoms with Crippen LogP contribution in [0, 0.1) is 16.0 Å². The lowest BCUT2D eigenvalue weighted by molar-refractivity contribution is -0.384. The molecule has 5 N–H and O–H groups in total. The summed E-state index contributed by atoms with van der Waals surface area (Å²) in [7, 11) is 1.24. The summed E-state index contributed by atoms with van der Waals surface area (Å²) in [6, 6.07) is 4.17. The first-order chi connectivity index (χ1) is 23.1. The number of nitrogens with zero attached hydrogens (tertiary/aromatic N) is 6. The summed E-state index contributed by atoms with van der Waals surface area (Å²) in [4.78, 5) is 48.2. The normalized spacial score (nSPS) is 25.9. The topological polar surface area (TPSA) is 260 Å². The molecule has 2 aliphatic rings. The van der Waals surface area contributed by atoms with Gasteiger partial charge in [-0.2, -0.15) is 0 Å². The molecule has 1 saturated heterocycles. The van der Waals surface area contributed by atoms with Crippen LogP contribution >= 0.6 is 0 Å². The van der Waals surface area contributed by atoms with Crippen LogP contribution in [0.5, 0.6) is 5.75 Å². The number of hydrogen-bond acceptors (Lipinski definition) is 14. The maximum atomic E-state index is 13.9. The Balaban J connectivity index is 1.40. The molecule has 1 saturated carbocycles. The number of aromatic nitrogens is 3. The fraction of sp³-hybridized carbons (Fsp3) is 0.517. The third kappa shape index (κ3) is 7.28. The first kappa shape index (κ1) is 35.8. The van der Waals surface area contributed by atoms with Crippen molar-refractivity contribution in [3.05, 3.63) is 46.9 Å². The summed E-state index contributed by atoms with van der Waals surface area (Å²) in [5.74, 6) is -1.24. The number of aliphatic hydroxyl groups excluding tert-OH is 3. The van der Waals surface area contributed by atoms with Crippen molar-refractivity contribution in [2.75, 3.05) is 36.7 Å². The highest BCUT2D eigenvalue weighted by atomic mass is 32.2. The van der Waals surface area contributed by atoms with Crippen molar-refractivity contribution < 1.29 is 52.8 Å². The van der Waals surface area contributed by atoms with E-state index in [1.807, 2.05) is 11.9 Å². The Hall–Kier alpha value is -4.47. The smallest absolute Gasteiger partial charge is 0.335 e. The molecular weight excluding hydrogens is 670 g/mol. The monoisotopic (exact) mass is 707 g/mol. The first-order valence-corrected chi connectivity index (χ1v) is 16.9. The molecule has 2 aromatic heterocycles. The number of benzene rings is 1. The lowest BCUT2D eigenvalue weighted by Crippen LogP contribution is -2.61. The van der Waals surface area contributed by atoms with Crippen LogP contribution in [0.4, 0.5) is 22.0 Å². The van der Waals surface area contributed by atoms with Gasteiger partial charge in [-0.15, -0.1) is 0 Å². The molecule has 20 heteroatoms. The number of sulfonamides is 1. The van der Waals surface area contributed by atoms with Gasteiger partial charge in [-0.3, -0.25) is 19.6 Å². The van der Waals surface area contributed by atoms with E-state index < -0.39 is 63.3 Å². The third-order valence-electron chi connectivity index (χ3n) is 8.99. The molecule has 1 aromatic carbocycles. The molecule has 49 heavy (non-hydrogen) atoms. The Morgan fingerprint density at radius 2 is 1.80 bits per heavy atom. The van der Waals surface area contributed by atoms with Crippen LogP contribution in [0.15, 0.2) is 36.8 Å². The number of ether oxygens (including phenoxy) is 2. The zero-order chi connectivity index (χ0) is 35.8. The Bertz CT molecular complexity index is 1830. The van der Waals surface area contributed by atoms with Crippen LogP contribution in [0.2, 0.25) is 0 Å². The zero-order valence-corrected chi connectivity index (χ0v) is 27.5. The second kappa shape index (κ2) is 14.2. The number of carbonyl (C=O) groups is 2. The molecule has 1 aliphatic heterocycles. The Morgan fingerprint density at radius 3 is 2.43 bits per heavy atom. The van der Waals surface area contributed by atoms with Crippen molar-refractivity contribution in [3.63, 3.8) is 0 Å². The summed E-state index contributed by atoms with van der Waals surface area (Å²) >= 11 is 0. The molecule has 5 atom stereocenters. The number of nitro groups is 1. The van der Waals surface area contributed by atoms with E-state index in [0.29, 0.717) is 24.0 Å². The largest absolute Gasteiger partial charge is 0.479 e. The molecule has 0 radical (unpaired) electrons. The summed E-state index contributed by atoms with van der Waals surface area (Å²) < 4.78 is 38.4. The Kier molecular flexibility index (Phi) is 10.4. The lowest BCUT2D eigenvalue weighted by atomic mass is 9.86. The van der Waals surface area contributed by atoms with Gasteiger partial charge >= 0.3 is 12.0 Å². The van der Waals surface area contributed by atoms with E-state index in [4.69, 9.17) is 9.47 Å². The number of nitrogens with one attached hydrogen (secondary N) is 1. The number of anilines is 2. The molecule has 0 bridgehead atoms. The molecule has 3 aromatic rings. The molecule has 1 amide bonds. The van der Waals surface area contributed by atoms with E-state index in [9.17, 15) is 48.5 Å². The van der Waals surface area contributed by atoms with Crippen molar-refractivity contribution in [2.24, 2.45) is 5.92 Å². The van der Waals surface area contributed by atoms with Gasteiger partial charge in [0.1, 0.15) is 36.2 Å². The quantitative estimate of drug-likeness (QED) is 0.140. The molecule has 0 unspecified atom stereocenters. The van der Waals surface area contributed by atoms with Gasteiger partial charge in [0.15, 0.2) is 11.8 Å². The second-order valence-corrected chi connectivity index (χ2v) is 14.0. The number of aliphatic hydroxyl groups is 3. The summed E-state index contributed by atoms with van der Waals surface area (Å²) in [5.41, 5.74) is -0.372. The fourth-order valence-corrected chi connectivity index (χ4v) is 7.28. The highest BCUT2D eigenvalue weighted by molar-refractivity contribution is 7.89. The van der Waals surface area contributed by atoms with Gasteiger partial charge in [-0.1, -0.05) is 0 Å². The van der Waals surface area contributed by atoms with Gasteiger partial charge in [0.05, 0.1) is 21.7 Å². The van der Waals surface area contributed by atoms with E-state index in [-0.39, 0.29) is 34.8 Å². The maximum absolute atomic E-state index is 13.9. The summed E-state index contributed by atoms with van der Waals surface area (Å²) in [5, 5.41) is 52.2. The van der Waals surface area contributed by atoms with Crippen LogP contribution in [0.25, 0.3) is 11.0 Å². The molecule has 19 nitrogen and oxygen atoms in total. The summed E-state index contributed by atoms with van der Waals surface area (Å²) in [6.07, 6.45) is -4.05. The van der Waals surface area contributed by atoms with E-state index in [0.717, 1.165) is 35.9 Å². The first-order valence-electron chi connectivity index (χ1n) is 15.2. The minimum Gasteiger partial charge on any atom is -0.479 e. The predicted octanol–water partition coefficient (Wildman–Crippen LogP) is 0.259. The molecule has 266 valence electrons. The van der Waals surface area contributed by atoms with E-state index in [1.54, 1.807) is 6.07 Å². The van der Waals surface area contributed by atoms with Gasteiger partial charge in [0, 0.05) is 38.5 Å². The number of amides is 1. The van der Waals surface area contributed by atoms with Gasteiger partial charge in [0.25, 0.3) is 5.69 Å². The molecule has 3 heterocycles. The molecule has 5 rings (SSSR count). The minimum atomic E-state index is -3.32. The van der Waals surface area contributed by atoms with Gasteiger partial charge in [-0.05, 0) is 50.8 Å². The van der Waals surface area contributed by atoms with Gasteiger partial charge in [0.2, 0.25) is 16.3 Å². The number of carboxylic acid groups (broad SMARTS) is 1. The minimum absolute atomic E-state index is 0.0349. The van der Waals surface area contributed by atoms with Crippen molar-refractivity contribution in [3.8, 4) is 5.75 Å². The Labute approximate surface area is 279 Å². The highest BCUT2D eigenvalue weighted by Crippen LogP contribution is 2.36. The standard InChI is InChI=1S/C29H37N7O12S/c1-30-49(45,46)13-15-4-6-16(7-5-15)33(2)25-18-10-11-35(26(18)32-14-31-25)29(42)34(3)19-12-17(36(43)44)8-9-20(19)47-28-23(39)21(37)22(38)24(48-28)27(40)41/h8-12,14-16,21-24,28,30,37-39H,4-7,13H2,1-3H3,(H,40,41)/t15?,16?,21-,22-,23+,24-,28+/m0/s1. The fourth-order valence-electron chi connectivity index (χ4n) is 6.16. The van der Waals surface area contributed by atoms with Crippen molar-refractivity contribution >= 4 is 50.2 Å². The third-order valence-corrected chi connectivity index (χ3v) is 10.5. The van der Waals surface area contributed by atoms with Crippen LogP contribution in [0.3, 0.4) is 0 Å². The second-order valence-electron chi connectivity index (χ2n) is 12.0. The number of hydrogen-bond donors (Lipinski definition) is 5. The number of rotatable bonds is 10. The number of non-ortho nitro benzene ring substituents is 1. The maximum Gasteiger partial charge on any atom is 0.335 e. The average molecular weight is 708 g/mol. The number of nitro benzene ring substituents is 1. The van der Waals surface area contributed by atoms with Crippen LogP contribution in [-0.4, -0.2) is 124 Å². The number of aliphatic carboxylic acids is 1. The van der Waals surface area contributed by atoms with Crippen molar-refractivity contribution in [1.29, 1.82) is 0 Å². The van der Waals surface area contributed by atoms with Crippen LogP contribution in [0.1, 0.15) is 25.7 Å². The molecular formula is C29H37N7O12S. The van der Waals surface area contributed by atoms with Crippen LogP contribution in [-0.2, 0) is 19.6 Å². The highest BCUT2D eigenvalue weighted by Gasteiger charge is 2.48. The zero-order valence-electron chi connectivity index (χ0n) is 26.7. The molecule has 0 spiro atoms.